The van der Waals surface area contributed by atoms with Gasteiger partial charge in [-0.1, -0.05) is 11.6 Å². The van der Waals surface area contributed by atoms with E-state index in [4.69, 9.17) is 17.3 Å². The zero-order chi connectivity index (χ0) is 29.5. The molecule has 0 aliphatic heterocycles. The fourth-order valence-corrected chi connectivity index (χ4v) is 5.34. The molecule has 2 aliphatic carbocycles. The summed E-state index contributed by atoms with van der Waals surface area (Å²) in [5.41, 5.74) is 9.00. The van der Waals surface area contributed by atoms with Crippen molar-refractivity contribution in [3.8, 4) is 0 Å². The van der Waals surface area contributed by atoms with Crippen molar-refractivity contribution in [2.24, 2.45) is 0 Å². The van der Waals surface area contributed by atoms with Crippen LogP contribution in [0.2, 0.25) is 4.34 Å². The Bertz CT molecular complexity index is 1340. The van der Waals surface area contributed by atoms with Gasteiger partial charge >= 0.3 is 0 Å². The van der Waals surface area contributed by atoms with Gasteiger partial charge in [0.15, 0.2) is 0 Å². The number of thiophene rings is 1. The number of aliphatic hydroxyl groups is 1. The van der Waals surface area contributed by atoms with Crippen molar-refractivity contribution in [1.82, 2.24) is 5.32 Å². The van der Waals surface area contributed by atoms with Crippen molar-refractivity contribution < 1.29 is 19.5 Å². The lowest BCUT2D eigenvalue weighted by molar-refractivity contribution is -0.117. The molecule has 2 fully saturated rings. The number of amides is 3. The molecular formula is C30H36ClN5O4S. The number of nitrogens with two attached hydrogens (primary N) is 1. The van der Waals surface area contributed by atoms with Crippen LogP contribution in [-0.2, 0) is 9.59 Å². The van der Waals surface area contributed by atoms with Gasteiger partial charge in [0.05, 0.1) is 15.3 Å². The van der Waals surface area contributed by atoms with Crippen LogP contribution in [0.3, 0.4) is 0 Å². The second-order valence-corrected chi connectivity index (χ2v) is 11.9. The Hall–Kier alpha value is -3.60. The van der Waals surface area contributed by atoms with E-state index in [-0.39, 0.29) is 24.3 Å². The SMILES string of the molecule is CC(=O)N(c1ccc(N)cc1)C1CC1.CC(=O)N(c1ccc(NCC(O)CNC(=O)c2ccc(Cl)s2)cc1)C1CC1. The van der Waals surface area contributed by atoms with E-state index in [1.54, 1.807) is 26.0 Å². The molecule has 3 amide bonds. The van der Waals surface area contributed by atoms with E-state index in [2.05, 4.69) is 10.6 Å². The molecule has 0 saturated heterocycles. The number of nitrogen functional groups attached to an aromatic ring is 1. The standard InChI is InChI=1S/C19H22ClN3O3S.C11H14N2O/c1-12(24)23(15-6-7-15)14-4-2-13(3-5-14)21-10-16(25)11-22-19(26)17-8-9-18(20)27-17;1-8(14)13(11-6-7-11)10-4-2-9(12)3-5-10/h2-5,8-9,15-16,21,25H,6-7,10-11H2,1H3,(H,22,26);2-5,11H,6-7,12H2,1H3. The Morgan fingerprint density at radius 3 is 1.83 bits per heavy atom. The number of hydrogen-bond acceptors (Lipinski definition) is 7. The second-order valence-electron chi connectivity index (χ2n) is 10.2. The Balaban J connectivity index is 0.000000231. The molecule has 2 aliphatic rings. The first-order valence-electron chi connectivity index (χ1n) is 13.6. The predicted molar refractivity (Wildman–Crippen MR) is 166 cm³/mol. The molecule has 3 aromatic rings. The van der Waals surface area contributed by atoms with Crippen LogP contribution in [0.4, 0.5) is 22.7 Å². The zero-order valence-corrected chi connectivity index (χ0v) is 24.8. The highest BCUT2D eigenvalue weighted by Gasteiger charge is 2.32. The fourth-order valence-electron chi connectivity index (χ4n) is 4.38. The highest BCUT2D eigenvalue weighted by atomic mass is 35.5. The zero-order valence-electron chi connectivity index (χ0n) is 23.2. The maximum atomic E-state index is 11.9. The Morgan fingerprint density at radius 1 is 0.878 bits per heavy atom. The first kappa shape index (κ1) is 30.4. The third kappa shape index (κ3) is 8.94. The van der Waals surface area contributed by atoms with Crippen LogP contribution in [0.1, 0.15) is 49.2 Å². The summed E-state index contributed by atoms with van der Waals surface area (Å²) < 4.78 is 0.552. The van der Waals surface area contributed by atoms with Gasteiger partial charge < -0.3 is 31.3 Å². The molecule has 1 heterocycles. The van der Waals surface area contributed by atoms with Crippen molar-refractivity contribution >= 4 is 63.4 Å². The highest BCUT2D eigenvalue weighted by molar-refractivity contribution is 7.18. The van der Waals surface area contributed by atoms with E-state index in [1.165, 1.54) is 11.3 Å². The molecule has 1 atom stereocenters. The number of carbonyl (C=O) groups excluding carboxylic acids is 3. The Kier molecular flexibility index (Phi) is 10.3. The molecule has 218 valence electrons. The normalized spacial score (nSPS) is 14.7. The van der Waals surface area contributed by atoms with E-state index in [0.29, 0.717) is 27.8 Å². The minimum absolute atomic E-state index is 0.0522. The quantitative estimate of drug-likeness (QED) is 0.246. The number of aliphatic hydroxyl groups excluding tert-OH is 1. The summed E-state index contributed by atoms with van der Waals surface area (Å²) in [5, 5.41) is 15.9. The molecule has 1 unspecified atom stereocenters. The van der Waals surface area contributed by atoms with Crippen LogP contribution in [0.25, 0.3) is 0 Å². The number of rotatable bonds is 10. The molecule has 11 heteroatoms. The van der Waals surface area contributed by atoms with Crippen molar-refractivity contribution in [2.75, 3.05) is 33.9 Å². The lowest BCUT2D eigenvalue weighted by Gasteiger charge is -2.21. The van der Waals surface area contributed by atoms with Gasteiger partial charge in [-0.3, -0.25) is 14.4 Å². The lowest BCUT2D eigenvalue weighted by Crippen LogP contribution is -2.35. The summed E-state index contributed by atoms with van der Waals surface area (Å²) in [7, 11) is 0. The monoisotopic (exact) mass is 597 g/mol. The van der Waals surface area contributed by atoms with Crippen molar-refractivity contribution in [3.63, 3.8) is 0 Å². The molecule has 0 bridgehead atoms. The van der Waals surface area contributed by atoms with E-state index < -0.39 is 6.10 Å². The number of nitrogens with zero attached hydrogens (tertiary/aromatic N) is 2. The van der Waals surface area contributed by atoms with Gasteiger partial charge in [0, 0.05) is 61.8 Å². The third-order valence-electron chi connectivity index (χ3n) is 6.66. The molecule has 0 radical (unpaired) electrons. The first-order valence-corrected chi connectivity index (χ1v) is 14.8. The van der Waals surface area contributed by atoms with Crippen LogP contribution in [0, 0.1) is 0 Å². The van der Waals surface area contributed by atoms with E-state index >= 15 is 0 Å². The highest BCUT2D eigenvalue weighted by Crippen LogP contribution is 2.33. The molecular weight excluding hydrogens is 562 g/mol. The van der Waals surface area contributed by atoms with E-state index in [1.807, 2.05) is 58.3 Å². The van der Waals surface area contributed by atoms with Crippen LogP contribution >= 0.6 is 22.9 Å². The molecule has 41 heavy (non-hydrogen) atoms. The third-order valence-corrected chi connectivity index (χ3v) is 7.89. The number of anilines is 4. The topological polar surface area (TPSA) is 128 Å². The Labute approximate surface area is 249 Å². The summed E-state index contributed by atoms with van der Waals surface area (Å²) >= 11 is 7.01. The van der Waals surface area contributed by atoms with Gasteiger partial charge in [0.1, 0.15) is 0 Å². The molecule has 5 rings (SSSR count). The first-order chi connectivity index (χ1) is 19.6. The predicted octanol–water partition coefficient (Wildman–Crippen LogP) is 4.90. The van der Waals surface area contributed by atoms with Crippen molar-refractivity contribution in [2.45, 2.75) is 57.7 Å². The van der Waals surface area contributed by atoms with Gasteiger partial charge in [0.2, 0.25) is 11.8 Å². The van der Waals surface area contributed by atoms with Crippen LogP contribution in [0.5, 0.6) is 0 Å². The largest absolute Gasteiger partial charge is 0.399 e. The number of hydrogen-bond donors (Lipinski definition) is 4. The average Bonchev–Trinajstić information content (AvgIpc) is 3.88. The molecule has 2 saturated carbocycles. The van der Waals surface area contributed by atoms with E-state index in [0.717, 1.165) is 48.4 Å². The summed E-state index contributed by atoms with van der Waals surface area (Å²) in [5.74, 6) is -0.0895. The summed E-state index contributed by atoms with van der Waals surface area (Å²) in [6.45, 7) is 3.62. The molecule has 1 aromatic heterocycles. The number of halogens is 1. The summed E-state index contributed by atoms with van der Waals surface area (Å²) in [4.78, 5) is 39.3. The minimum atomic E-state index is -0.732. The summed E-state index contributed by atoms with van der Waals surface area (Å²) in [6.07, 6.45) is 3.60. The number of benzene rings is 2. The molecule has 2 aromatic carbocycles. The fraction of sp³-hybridized carbons (Fsp3) is 0.367. The lowest BCUT2D eigenvalue weighted by atomic mass is 10.2. The van der Waals surface area contributed by atoms with Gasteiger partial charge in [-0.2, -0.15) is 0 Å². The van der Waals surface area contributed by atoms with Gasteiger partial charge in [-0.05, 0) is 86.3 Å². The maximum absolute atomic E-state index is 11.9. The van der Waals surface area contributed by atoms with Crippen LogP contribution < -0.4 is 26.2 Å². The molecule has 0 spiro atoms. The van der Waals surface area contributed by atoms with E-state index in [9.17, 15) is 19.5 Å². The number of carbonyl (C=O) groups is 3. The minimum Gasteiger partial charge on any atom is -0.399 e. The second kappa shape index (κ2) is 13.8. The number of nitrogens with one attached hydrogen (secondary N) is 2. The van der Waals surface area contributed by atoms with Gasteiger partial charge in [-0.25, -0.2) is 0 Å². The average molecular weight is 598 g/mol. The smallest absolute Gasteiger partial charge is 0.261 e. The van der Waals surface area contributed by atoms with Crippen molar-refractivity contribution in [1.29, 1.82) is 0 Å². The van der Waals surface area contributed by atoms with Crippen LogP contribution in [-0.4, -0.2) is 54.1 Å². The van der Waals surface area contributed by atoms with Gasteiger partial charge in [0.25, 0.3) is 5.91 Å². The maximum Gasteiger partial charge on any atom is 0.261 e. The van der Waals surface area contributed by atoms with Crippen LogP contribution in [0.15, 0.2) is 60.7 Å². The summed E-state index contributed by atoms with van der Waals surface area (Å²) in [6, 6.07) is 19.1. The Morgan fingerprint density at radius 2 is 1.39 bits per heavy atom. The van der Waals surface area contributed by atoms with Gasteiger partial charge in [-0.15, -0.1) is 11.3 Å². The molecule has 9 nitrogen and oxygen atoms in total. The molecule has 5 N–H and O–H groups in total. The van der Waals surface area contributed by atoms with Crippen molar-refractivity contribution in [3.05, 3.63) is 69.9 Å².